The van der Waals surface area contributed by atoms with E-state index in [1.165, 1.54) is 12.1 Å². The highest BCUT2D eigenvalue weighted by atomic mass is 19.1. The molecule has 4 atom stereocenters. The molecular formula is C20H26FN5O2. The van der Waals surface area contributed by atoms with E-state index in [1.54, 1.807) is 19.2 Å². The van der Waals surface area contributed by atoms with Crippen molar-refractivity contribution in [2.24, 2.45) is 11.8 Å². The van der Waals surface area contributed by atoms with Gasteiger partial charge in [-0.2, -0.15) is 0 Å². The number of fused-ring (bicyclic) bond motifs is 3. The molecular weight excluding hydrogens is 361 g/mol. The van der Waals surface area contributed by atoms with E-state index in [-0.39, 0.29) is 17.6 Å². The summed E-state index contributed by atoms with van der Waals surface area (Å²) in [6.07, 6.45) is 3.97. The second kappa shape index (κ2) is 8.36. The summed E-state index contributed by atoms with van der Waals surface area (Å²) in [5.41, 5.74) is 1.59. The fraction of sp³-hybridized carbons (Fsp3) is 0.550. The summed E-state index contributed by atoms with van der Waals surface area (Å²) >= 11 is 0. The quantitative estimate of drug-likeness (QED) is 0.730. The molecule has 0 aliphatic carbocycles. The van der Waals surface area contributed by atoms with Gasteiger partial charge >= 0.3 is 0 Å². The number of nitrogens with one attached hydrogen (secondary N) is 1. The first-order valence-corrected chi connectivity index (χ1v) is 9.81. The minimum absolute atomic E-state index is 0.0624. The fourth-order valence-electron chi connectivity index (χ4n) is 4.39. The summed E-state index contributed by atoms with van der Waals surface area (Å²) < 4.78 is 20.0. The standard InChI is InChI=1S/C20H26FN5O2/c1-28-9-7-22-20(27)18-12-25-8-6-15(18)10-17(25)11-26-13-19(23-24-26)14-2-4-16(21)5-3-14/h2-5,13,15,17-18H,6-12H2,1H3,(H,22,27)/t15-,17-,18-/m1/s1. The normalized spacial score (nSPS) is 26.4. The summed E-state index contributed by atoms with van der Waals surface area (Å²) in [4.78, 5) is 14.9. The van der Waals surface area contributed by atoms with Gasteiger partial charge in [-0.15, -0.1) is 5.10 Å². The number of hydrogen-bond acceptors (Lipinski definition) is 5. The number of carbonyl (C=O) groups is 1. The molecule has 28 heavy (non-hydrogen) atoms. The molecule has 0 radical (unpaired) electrons. The molecule has 3 aliphatic heterocycles. The topological polar surface area (TPSA) is 72.3 Å². The summed E-state index contributed by atoms with van der Waals surface area (Å²) in [7, 11) is 1.64. The average Bonchev–Trinajstić information content (AvgIpc) is 3.17. The van der Waals surface area contributed by atoms with Crippen molar-refractivity contribution in [2.45, 2.75) is 25.4 Å². The first-order chi connectivity index (χ1) is 13.6. The Morgan fingerprint density at radius 3 is 2.89 bits per heavy atom. The molecule has 2 bridgehead atoms. The Bertz CT molecular complexity index is 809. The number of methoxy groups -OCH3 is 1. The number of hydrogen-bond donors (Lipinski definition) is 1. The zero-order chi connectivity index (χ0) is 19.5. The molecule has 3 aliphatic rings. The highest BCUT2D eigenvalue weighted by Crippen LogP contribution is 2.37. The number of piperidine rings is 3. The lowest BCUT2D eigenvalue weighted by atomic mass is 9.75. The van der Waals surface area contributed by atoms with Gasteiger partial charge in [-0.3, -0.25) is 14.4 Å². The van der Waals surface area contributed by atoms with Crippen LogP contribution >= 0.6 is 0 Å². The van der Waals surface area contributed by atoms with E-state index >= 15 is 0 Å². The Hall–Kier alpha value is -2.32. The first kappa shape index (κ1) is 19.0. The number of amides is 1. The molecule has 4 heterocycles. The fourth-order valence-corrected chi connectivity index (χ4v) is 4.39. The van der Waals surface area contributed by atoms with E-state index < -0.39 is 0 Å². The van der Waals surface area contributed by atoms with Crippen LogP contribution in [0.5, 0.6) is 0 Å². The van der Waals surface area contributed by atoms with E-state index in [0.717, 1.165) is 43.7 Å². The Morgan fingerprint density at radius 1 is 1.36 bits per heavy atom. The summed E-state index contributed by atoms with van der Waals surface area (Å²) in [5, 5.41) is 11.5. The van der Waals surface area contributed by atoms with Crippen LogP contribution in [0, 0.1) is 17.7 Å². The maximum atomic E-state index is 13.1. The van der Waals surface area contributed by atoms with E-state index in [9.17, 15) is 9.18 Å². The first-order valence-electron chi connectivity index (χ1n) is 9.81. The number of aromatic nitrogens is 3. The van der Waals surface area contributed by atoms with Crippen LogP contribution in [0.15, 0.2) is 30.5 Å². The van der Waals surface area contributed by atoms with Crippen LogP contribution in [0.4, 0.5) is 4.39 Å². The van der Waals surface area contributed by atoms with Gasteiger partial charge in [0.15, 0.2) is 0 Å². The predicted molar refractivity (Wildman–Crippen MR) is 102 cm³/mol. The van der Waals surface area contributed by atoms with Crippen LogP contribution in [0.3, 0.4) is 0 Å². The van der Waals surface area contributed by atoms with Crippen molar-refractivity contribution in [1.29, 1.82) is 0 Å². The number of nitrogens with zero attached hydrogens (tertiary/aromatic N) is 4. The van der Waals surface area contributed by atoms with Crippen molar-refractivity contribution in [2.75, 3.05) is 33.4 Å². The van der Waals surface area contributed by atoms with Crippen molar-refractivity contribution < 1.29 is 13.9 Å². The third kappa shape index (κ3) is 4.07. The molecule has 1 N–H and O–H groups in total. The number of benzene rings is 1. The van der Waals surface area contributed by atoms with E-state index in [0.29, 0.717) is 25.1 Å². The molecule has 3 fully saturated rings. The van der Waals surface area contributed by atoms with Crippen LogP contribution in [-0.2, 0) is 16.1 Å². The highest BCUT2D eigenvalue weighted by molar-refractivity contribution is 5.79. The largest absolute Gasteiger partial charge is 0.383 e. The molecule has 1 amide bonds. The lowest BCUT2D eigenvalue weighted by Crippen LogP contribution is -2.58. The second-order valence-corrected chi connectivity index (χ2v) is 7.66. The predicted octanol–water partition coefficient (Wildman–Crippen LogP) is 1.56. The van der Waals surface area contributed by atoms with Gasteiger partial charge in [-0.1, -0.05) is 5.21 Å². The van der Waals surface area contributed by atoms with E-state index in [2.05, 4.69) is 20.5 Å². The van der Waals surface area contributed by atoms with Gasteiger partial charge in [0, 0.05) is 31.8 Å². The van der Waals surface area contributed by atoms with Crippen LogP contribution < -0.4 is 5.32 Å². The van der Waals surface area contributed by atoms with E-state index in [4.69, 9.17) is 4.74 Å². The zero-order valence-corrected chi connectivity index (χ0v) is 16.1. The molecule has 8 heteroatoms. The average molecular weight is 387 g/mol. The third-order valence-corrected chi connectivity index (χ3v) is 5.90. The third-order valence-electron chi connectivity index (χ3n) is 5.90. The monoisotopic (exact) mass is 387 g/mol. The molecule has 1 unspecified atom stereocenters. The Morgan fingerprint density at radius 2 is 2.18 bits per heavy atom. The Labute approximate surface area is 163 Å². The zero-order valence-electron chi connectivity index (χ0n) is 16.1. The lowest BCUT2D eigenvalue weighted by Gasteiger charge is -2.49. The number of carbonyl (C=O) groups excluding carboxylic acids is 1. The minimum Gasteiger partial charge on any atom is -0.383 e. The van der Waals surface area contributed by atoms with Gasteiger partial charge in [0.25, 0.3) is 0 Å². The summed E-state index contributed by atoms with van der Waals surface area (Å²) in [5.74, 6) is 0.359. The van der Waals surface area contributed by atoms with Crippen molar-refractivity contribution >= 4 is 5.91 Å². The molecule has 2 aromatic rings. The van der Waals surface area contributed by atoms with Gasteiger partial charge in [0.1, 0.15) is 11.5 Å². The molecule has 0 saturated carbocycles. The Balaban J connectivity index is 1.36. The molecule has 1 aromatic heterocycles. The van der Waals surface area contributed by atoms with Crippen molar-refractivity contribution in [3.05, 3.63) is 36.3 Å². The van der Waals surface area contributed by atoms with E-state index in [1.807, 2.05) is 10.9 Å². The number of ether oxygens (including phenoxy) is 1. The lowest BCUT2D eigenvalue weighted by molar-refractivity contribution is -0.133. The molecule has 1 aromatic carbocycles. The van der Waals surface area contributed by atoms with Crippen molar-refractivity contribution in [3.63, 3.8) is 0 Å². The summed E-state index contributed by atoms with van der Waals surface area (Å²) in [6.45, 7) is 3.68. The molecule has 150 valence electrons. The molecule has 0 spiro atoms. The van der Waals surface area contributed by atoms with Crippen molar-refractivity contribution in [1.82, 2.24) is 25.2 Å². The molecule has 3 saturated heterocycles. The van der Waals surface area contributed by atoms with Gasteiger partial charge in [0.2, 0.25) is 5.91 Å². The van der Waals surface area contributed by atoms with Gasteiger partial charge in [-0.05, 0) is 49.6 Å². The van der Waals surface area contributed by atoms with Gasteiger partial charge < -0.3 is 10.1 Å². The molecule has 5 rings (SSSR count). The number of rotatable bonds is 7. The highest BCUT2D eigenvalue weighted by Gasteiger charge is 2.43. The SMILES string of the molecule is COCCNC(=O)[C@@H]1CN2CC[C@@H]1C[C@@H]2Cn1cc(-c2ccc(F)cc2)nn1. The maximum Gasteiger partial charge on any atom is 0.224 e. The van der Waals surface area contributed by atoms with Gasteiger partial charge in [-0.25, -0.2) is 4.39 Å². The Kier molecular flexibility index (Phi) is 5.68. The smallest absolute Gasteiger partial charge is 0.224 e. The van der Waals surface area contributed by atoms with Gasteiger partial charge in [0.05, 0.1) is 25.3 Å². The van der Waals surface area contributed by atoms with Crippen LogP contribution in [0.1, 0.15) is 12.8 Å². The molecule has 7 nitrogen and oxygen atoms in total. The van der Waals surface area contributed by atoms with Crippen LogP contribution in [0.25, 0.3) is 11.3 Å². The minimum atomic E-state index is -0.261. The van der Waals surface area contributed by atoms with Crippen LogP contribution in [0.2, 0.25) is 0 Å². The maximum absolute atomic E-state index is 13.1. The second-order valence-electron chi connectivity index (χ2n) is 7.66. The van der Waals surface area contributed by atoms with Crippen molar-refractivity contribution in [3.8, 4) is 11.3 Å². The number of halogens is 1. The summed E-state index contributed by atoms with van der Waals surface area (Å²) in [6, 6.07) is 6.64. The van der Waals surface area contributed by atoms with Crippen LogP contribution in [-0.4, -0.2) is 65.2 Å².